The van der Waals surface area contributed by atoms with E-state index in [1.165, 1.54) is 20.7 Å². The molecule has 2 unspecified atom stereocenters. The first kappa shape index (κ1) is 85.2. The van der Waals surface area contributed by atoms with Gasteiger partial charge >= 0.3 is 22.8 Å². The number of carbonyl (C=O) groups excluding carboxylic acids is 8. The molecule has 38 nitrogen and oxygen atoms in total. The van der Waals surface area contributed by atoms with Crippen LogP contribution in [0.15, 0.2) is 128 Å². The molecule has 0 saturated carbocycles. The minimum absolute atomic E-state index is 0.0211. The SMILES string of the molecule is C#CCn1c(=O)nc(Nc2cc3cn(C)nc3cc2Cl)n(Cc2cc(F)c(F)cc2F)c1=O.Cn1cc2cc(Nc3nc(=O)n(Cc4cn(CCOCC(=O)Nc5cccc6c5CN(C5CCC(=O)NC5=O)C6=O)nn4)c(=O)n3Cc3cc(F)c(F)cc3F)c(Cl)cc2n1.[N-]=[N+]=NCCOCC(=O)Nc1cccc2c1CN(C1CCC(=O)NC1=O)C2=O. The number of fused-ring (bicyclic) bond motifs is 4. The first-order valence-electron chi connectivity index (χ1n) is 36.5. The zero-order valence-electron chi connectivity index (χ0n) is 63.6. The van der Waals surface area contributed by atoms with E-state index in [9.17, 15) is 83.9 Å². The number of anilines is 6. The van der Waals surface area contributed by atoms with Crippen LogP contribution in [0.4, 0.5) is 61.0 Å². The summed E-state index contributed by atoms with van der Waals surface area (Å²) in [5.74, 6) is -9.65. The Bertz CT molecular complexity index is 6490. The van der Waals surface area contributed by atoms with Crippen LogP contribution in [0.2, 0.25) is 10.0 Å². The van der Waals surface area contributed by atoms with Crippen molar-refractivity contribution >= 4 is 127 Å². The lowest BCUT2D eigenvalue weighted by molar-refractivity contribution is -0.138. The Hall–Kier alpha value is -14.7. The minimum Gasteiger partial charge on any atom is -0.371 e. The van der Waals surface area contributed by atoms with E-state index in [0.717, 1.165) is 9.13 Å². The van der Waals surface area contributed by atoms with Gasteiger partial charge in [-0.2, -0.15) is 20.2 Å². The predicted octanol–water partition coefficient (Wildman–Crippen LogP) is 5.71. The third-order valence-electron chi connectivity index (χ3n) is 19.2. The highest BCUT2D eigenvalue weighted by Crippen LogP contribution is 2.36. The minimum atomic E-state index is -1.43. The maximum atomic E-state index is 14.9. The second kappa shape index (κ2) is 36.7. The number of hydrogen-bond acceptors (Lipinski definition) is 23. The Morgan fingerprint density at radius 1 is 0.590 bits per heavy atom. The molecule has 0 radical (unpaired) electrons. The van der Waals surface area contributed by atoms with Crippen LogP contribution >= 0.6 is 23.2 Å². The van der Waals surface area contributed by atoms with Crippen molar-refractivity contribution in [2.45, 2.75) is 83.6 Å². The molecule has 0 bridgehead atoms. The number of piperidine rings is 2. The number of halogens is 8. The van der Waals surface area contributed by atoms with Gasteiger partial charge in [-0.1, -0.05) is 51.6 Å². The Labute approximate surface area is 690 Å². The molecule has 4 aliphatic heterocycles. The smallest absolute Gasteiger partial charge is 0.355 e. The number of benzene rings is 6. The van der Waals surface area contributed by atoms with Crippen molar-refractivity contribution in [3.05, 3.63) is 240 Å². The van der Waals surface area contributed by atoms with E-state index in [1.54, 1.807) is 96.5 Å². The average molecular weight is 1720 g/mol. The number of hydrogen-bond donors (Lipinski definition) is 6. The lowest BCUT2D eigenvalue weighted by Crippen LogP contribution is -2.52. The Morgan fingerprint density at radius 2 is 1.05 bits per heavy atom. The van der Waals surface area contributed by atoms with E-state index in [-0.39, 0.29) is 141 Å². The van der Waals surface area contributed by atoms with Crippen LogP contribution in [0.25, 0.3) is 32.2 Å². The van der Waals surface area contributed by atoms with Gasteiger partial charge in [0.25, 0.3) is 11.8 Å². The van der Waals surface area contributed by atoms with Gasteiger partial charge in [0, 0.05) is 132 Å². The third kappa shape index (κ3) is 19.0. The average Bonchev–Trinajstić information content (AvgIpc) is 1.53. The van der Waals surface area contributed by atoms with Crippen LogP contribution in [0.5, 0.6) is 0 Å². The number of azide groups is 1. The van der Waals surface area contributed by atoms with Crippen molar-refractivity contribution in [2.24, 2.45) is 19.2 Å². The van der Waals surface area contributed by atoms with Crippen LogP contribution in [-0.4, -0.2) is 165 Å². The molecule has 628 valence electrons. The van der Waals surface area contributed by atoms with Crippen LogP contribution in [-0.2, 0) is 98.1 Å². The van der Waals surface area contributed by atoms with Gasteiger partial charge in [0.05, 0.1) is 84.6 Å². The molecular formula is C76H64Cl2F6N24O14. The van der Waals surface area contributed by atoms with Crippen molar-refractivity contribution in [1.29, 1.82) is 0 Å². The molecule has 6 N–H and O–H groups in total. The molecule has 8 amide bonds. The molecule has 46 heteroatoms. The summed E-state index contributed by atoms with van der Waals surface area (Å²) in [4.78, 5) is 164. The first-order valence-corrected chi connectivity index (χ1v) is 37.3. The molecule has 2 atom stereocenters. The van der Waals surface area contributed by atoms with Crippen molar-refractivity contribution in [3.8, 4) is 12.3 Å². The van der Waals surface area contributed by atoms with E-state index in [2.05, 4.69) is 78.3 Å². The molecule has 5 aromatic heterocycles. The van der Waals surface area contributed by atoms with E-state index < -0.39 is 131 Å². The van der Waals surface area contributed by atoms with Crippen LogP contribution in [0.3, 0.4) is 0 Å². The predicted molar refractivity (Wildman–Crippen MR) is 420 cm³/mol. The lowest BCUT2D eigenvalue weighted by Gasteiger charge is -2.29. The summed E-state index contributed by atoms with van der Waals surface area (Å²) < 4.78 is 102. The number of ether oxygens (including phenoxy) is 2. The van der Waals surface area contributed by atoms with E-state index >= 15 is 0 Å². The summed E-state index contributed by atoms with van der Waals surface area (Å²) in [6, 6.07) is 16.5. The summed E-state index contributed by atoms with van der Waals surface area (Å²) in [6.45, 7) is -2.15. The highest BCUT2D eigenvalue weighted by Gasteiger charge is 2.42. The van der Waals surface area contributed by atoms with E-state index in [4.69, 9.17) is 44.6 Å². The molecule has 122 heavy (non-hydrogen) atoms. The van der Waals surface area contributed by atoms with Gasteiger partial charge < -0.3 is 40.5 Å². The molecule has 6 aromatic carbocycles. The molecule has 9 heterocycles. The Morgan fingerprint density at radius 3 is 1.52 bits per heavy atom. The Balaban J connectivity index is 0.000000176. The number of aryl methyl sites for hydroxylation is 2. The van der Waals surface area contributed by atoms with Gasteiger partial charge in [-0.25, -0.2) is 59.3 Å². The van der Waals surface area contributed by atoms with Gasteiger partial charge in [-0.3, -0.25) is 67.5 Å². The number of terminal acetylenes is 1. The quantitative estimate of drug-likeness (QED) is 0.00583. The van der Waals surface area contributed by atoms with Crippen LogP contribution in [0, 0.1) is 47.2 Å². The summed E-state index contributed by atoms with van der Waals surface area (Å²) in [5, 5.41) is 37.1. The van der Waals surface area contributed by atoms with E-state index in [0.29, 0.717) is 88.8 Å². The molecule has 2 fully saturated rings. The topological polar surface area (TPSA) is 463 Å². The molecule has 4 aliphatic rings. The monoisotopic (exact) mass is 1720 g/mol. The molecule has 15 rings (SSSR count). The number of amides is 8. The summed E-state index contributed by atoms with van der Waals surface area (Å²) >= 11 is 12.8. The van der Waals surface area contributed by atoms with Gasteiger partial charge in [0.15, 0.2) is 23.3 Å². The second-order valence-corrected chi connectivity index (χ2v) is 28.3. The van der Waals surface area contributed by atoms with Crippen LogP contribution < -0.4 is 54.7 Å². The van der Waals surface area contributed by atoms with Gasteiger partial charge in [0.1, 0.15) is 42.6 Å². The fourth-order valence-corrected chi connectivity index (χ4v) is 13.9. The zero-order chi connectivity index (χ0) is 87.1. The molecule has 11 aromatic rings. The third-order valence-corrected chi connectivity index (χ3v) is 19.9. The Kier molecular flexibility index (Phi) is 25.6. The number of nitrogens with zero attached hydrogens (tertiary/aromatic N) is 18. The summed E-state index contributed by atoms with van der Waals surface area (Å²) in [7, 11) is 3.43. The number of nitrogens with one attached hydrogen (secondary N) is 6. The van der Waals surface area contributed by atoms with Crippen molar-refractivity contribution in [1.82, 2.24) is 83.2 Å². The largest absolute Gasteiger partial charge is 0.371 e. The summed E-state index contributed by atoms with van der Waals surface area (Å²) in [5.41, 5.74) is 7.97. The molecule has 2 saturated heterocycles. The zero-order valence-corrected chi connectivity index (χ0v) is 65.2. The highest BCUT2D eigenvalue weighted by atomic mass is 35.5. The standard InChI is InChI=1S/C38H32ClF3N12O7.C21H14ClF3N6O2.C17H18N6O5/c1-50-13-20-10-30(24(39)11-29(20)48-50)44-36-46-37(59)54(38(60)53(36)14-19-9-26(41)27(42)12-25(19)40)16-21-15-51(49-47-21)7-8-61-18-33(56)43-28-4-2-3-22-23(28)17-52(35(22)58)31-5-6-32(55)45-34(31)57;1-3-4-30-20(32)27-19(26-18-6-12-9-29(2)28-17(12)7-13(18)22)31(21(30)33)10-11-5-15(24)16(25)8-14(11)23;18-22-19-6-7-28-9-15(25)20-12-3-1-2-10-11(12)8-23(17(10)27)13-4-5-14(24)21-16(13)26/h2-4,9-13,15,31H,5-8,14,16-18H2,1H3,(H,43,56)(H,44,46,59)(H,45,55,57);1,5-9H,4,10H2,2H3,(H,26,27,32);1-3,13H,4-9H2,(H,20,25)(H,21,24,26). The summed E-state index contributed by atoms with van der Waals surface area (Å²) in [6.07, 6.45) is 10.8. The number of rotatable bonds is 25. The van der Waals surface area contributed by atoms with Crippen LogP contribution in [0.1, 0.15) is 74.3 Å². The fraction of sp³-hybridized carbons (Fsp3) is 0.263. The fourth-order valence-electron chi connectivity index (χ4n) is 13.5. The van der Waals surface area contributed by atoms with Gasteiger partial charge in [-0.15, -0.1) is 11.5 Å². The molecular weight excluding hydrogens is 1660 g/mol. The first-order chi connectivity index (χ1) is 58.4. The maximum absolute atomic E-state index is 14.9. The van der Waals surface area contributed by atoms with Crippen molar-refractivity contribution < 1.29 is 74.2 Å². The normalized spacial score (nSPS) is 14.7. The highest BCUT2D eigenvalue weighted by molar-refractivity contribution is 6.34. The van der Waals surface area contributed by atoms with Gasteiger partial charge in [-0.05, 0) is 79.0 Å². The molecule has 0 spiro atoms. The van der Waals surface area contributed by atoms with Crippen molar-refractivity contribution in [3.63, 3.8) is 0 Å². The molecule has 0 aliphatic carbocycles. The van der Waals surface area contributed by atoms with E-state index in [1.807, 2.05) is 0 Å². The van der Waals surface area contributed by atoms with Gasteiger partial charge in [0.2, 0.25) is 47.3 Å². The number of aromatic nitrogens is 13. The van der Waals surface area contributed by atoms with Crippen molar-refractivity contribution in [2.75, 3.05) is 54.2 Å². The second-order valence-electron chi connectivity index (χ2n) is 27.5. The maximum Gasteiger partial charge on any atom is 0.355 e. The lowest BCUT2D eigenvalue weighted by atomic mass is 10.0. The number of imide groups is 2. The number of carbonyl (C=O) groups is 8.